The van der Waals surface area contributed by atoms with E-state index in [4.69, 9.17) is 39.5 Å². The van der Waals surface area contributed by atoms with E-state index in [-0.39, 0.29) is 34.8 Å². The van der Waals surface area contributed by atoms with Crippen molar-refractivity contribution in [2.24, 2.45) is 5.92 Å². The van der Waals surface area contributed by atoms with Gasteiger partial charge in [-0.3, -0.25) is 13.9 Å². The van der Waals surface area contributed by atoms with Gasteiger partial charge < -0.3 is 15.0 Å². The number of amides is 2. The Morgan fingerprint density at radius 2 is 1.69 bits per heavy atom. The summed E-state index contributed by atoms with van der Waals surface area (Å²) in [7, 11) is -2.56. The number of carbonyl (C=O) groups excluding carboxylic acids is 2. The number of halogens is 3. The Balaban J connectivity index is 2.46. The summed E-state index contributed by atoms with van der Waals surface area (Å²) in [5.41, 5.74) is 0.722. The number of carbonyl (C=O) groups is 2. The molecule has 1 atom stereocenters. The molecule has 2 rings (SSSR count). The Morgan fingerprint density at radius 3 is 2.25 bits per heavy atom. The number of rotatable bonds is 11. The van der Waals surface area contributed by atoms with Crippen LogP contribution in [0.1, 0.15) is 26.3 Å². The summed E-state index contributed by atoms with van der Waals surface area (Å²) in [6, 6.07) is 8.41. The zero-order chi connectivity index (χ0) is 27.2. The minimum absolute atomic E-state index is 0.00370. The zero-order valence-electron chi connectivity index (χ0n) is 20.7. The van der Waals surface area contributed by atoms with Gasteiger partial charge in [-0.1, -0.05) is 54.7 Å². The first-order valence-electron chi connectivity index (χ1n) is 11.1. The van der Waals surface area contributed by atoms with Gasteiger partial charge in [0.05, 0.1) is 29.1 Å². The van der Waals surface area contributed by atoms with Gasteiger partial charge in [0, 0.05) is 18.1 Å². The Kier molecular flexibility index (Phi) is 10.7. The van der Waals surface area contributed by atoms with E-state index in [0.717, 1.165) is 10.6 Å². The lowest BCUT2D eigenvalue weighted by molar-refractivity contribution is -0.139. The highest BCUT2D eigenvalue weighted by molar-refractivity contribution is 7.92. The van der Waals surface area contributed by atoms with Crippen LogP contribution in [0.5, 0.6) is 5.75 Å². The normalized spacial score (nSPS) is 12.2. The summed E-state index contributed by atoms with van der Waals surface area (Å²) in [6.45, 7) is 5.32. The highest BCUT2D eigenvalue weighted by atomic mass is 35.5. The molecule has 0 radical (unpaired) electrons. The molecule has 198 valence electrons. The van der Waals surface area contributed by atoms with Gasteiger partial charge in [0.1, 0.15) is 18.3 Å². The van der Waals surface area contributed by atoms with Gasteiger partial charge in [-0.15, -0.1) is 0 Å². The lowest BCUT2D eigenvalue weighted by atomic mass is 10.1. The van der Waals surface area contributed by atoms with Crippen LogP contribution in [-0.2, 0) is 26.2 Å². The summed E-state index contributed by atoms with van der Waals surface area (Å²) in [5.74, 6) is -0.558. The van der Waals surface area contributed by atoms with Crippen LogP contribution in [0.25, 0.3) is 0 Å². The van der Waals surface area contributed by atoms with Gasteiger partial charge in [-0.05, 0) is 48.7 Å². The minimum Gasteiger partial charge on any atom is -0.495 e. The summed E-state index contributed by atoms with van der Waals surface area (Å²) in [4.78, 5) is 27.8. The molecule has 2 amide bonds. The molecule has 0 heterocycles. The summed E-state index contributed by atoms with van der Waals surface area (Å²) >= 11 is 18.3. The SMILES string of the molecule is COc1ccc(Cl)cc1N(CC(=O)N(Cc1ccc(Cl)c(Cl)c1)[C@@H](C)C(=O)NCC(C)C)S(C)(=O)=O. The van der Waals surface area contributed by atoms with Crippen molar-refractivity contribution in [3.05, 3.63) is 57.0 Å². The van der Waals surface area contributed by atoms with Gasteiger partial charge in [-0.2, -0.15) is 0 Å². The number of benzene rings is 2. The van der Waals surface area contributed by atoms with Crippen LogP contribution in [0.4, 0.5) is 5.69 Å². The third-order valence-electron chi connectivity index (χ3n) is 5.28. The molecule has 36 heavy (non-hydrogen) atoms. The molecule has 2 aromatic rings. The maximum Gasteiger partial charge on any atom is 0.244 e. The number of nitrogens with one attached hydrogen (secondary N) is 1. The van der Waals surface area contributed by atoms with Crippen LogP contribution >= 0.6 is 34.8 Å². The quantitative estimate of drug-likeness (QED) is 0.420. The molecule has 1 N–H and O–H groups in total. The molecular weight excluding hydrogens is 549 g/mol. The predicted molar refractivity (Wildman–Crippen MR) is 145 cm³/mol. The summed E-state index contributed by atoms with van der Waals surface area (Å²) in [5, 5.41) is 3.72. The molecule has 12 heteroatoms. The van der Waals surface area contributed by atoms with Crippen LogP contribution in [0.3, 0.4) is 0 Å². The van der Waals surface area contributed by atoms with Crippen molar-refractivity contribution in [1.82, 2.24) is 10.2 Å². The van der Waals surface area contributed by atoms with Crippen LogP contribution in [0.15, 0.2) is 36.4 Å². The Hall–Kier alpha value is -2.20. The van der Waals surface area contributed by atoms with E-state index in [1.807, 2.05) is 13.8 Å². The van der Waals surface area contributed by atoms with Crippen molar-refractivity contribution in [2.75, 3.05) is 30.8 Å². The number of methoxy groups -OCH3 is 1. The van der Waals surface area contributed by atoms with Gasteiger partial charge in [-0.25, -0.2) is 8.42 Å². The van der Waals surface area contributed by atoms with Gasteiger partial charge in [0.25, 0.3) is 0 Å². The standard InChI is InChI=1S/C24H30Cl3N3O5S/c1-15(2)12-28-24(32)16(3)29(13-17-6-8-19(26)20(27)10-17)23(31)14-30(36(5,33)34)21-11-18(25)7-9-22(21)35-4/h6-11,15-16H,12-14H2,1-5H3,(H,28,32)/t16-/m0/s1. The van der Waals surface area contributed by atoms with Crippen molar-refractivity contribution >= 4 is 62.3 Å². The van der Waals surface area contributed by atoms with Crippen LogP contribution in [-0.4, -0.2) is 57.6 Å². The first-order valence-corrected chi connectivity index (χ1v) is 14.0. The third-order valence-corrected chi connectivity index (χ3v) is 7.38. The van der Waals surface area contributed by atoms with Crippen molar-refractivity contribution in [3.8, 4) is 5.75 Å². The van der Waals surface area contributed by atoms with E-state index in [0.29, 0.717) is 22.2 Å². The lowest BCUT2D eigenvalue weighted by Gasteiger charge is -2.32. The van der Waals surface area contributed by atoms with Crippen molar-refractivity contribution in [1.29, 1.82) is 0 Å². The molecule has 0 aliphatic rings. The number of ether oxygens (including phenoxy) is 1. The number of anilines is 1. The molecule has 8 nitrogen and oxygen atoms in total. The van der Waals surface area contributed by atoms with Crippen molar-refractivity contribution in [3.63, 3.8) is 0 Å². The number of sulfonamides is 1. The monoisotopic (exact) mass is 577 g/mol. The van der Waals surface area contributed by atoms with E-state index in [9.17, 15) is 18.0 Å². The highest BCUT2D eigenvalue weighted by Crippen LogP contribution is 2.33. The molecule has 0 saturated heterocycles. The fourth-order valence-electron chi connectivity index (χ4n) is 3.32. The fraction of sp³-hybridized carbons (Fsp3) is 0.417. The second-order valence-electron chi connectivity index (χ2n) is 8.67. The molecule has 0 bridgehead atoms. The maximum atomic E-state index is 13.6. The molecule has 0 saturated carbocycles. The molecule has 0 aromatic heterocycles. The predicted octanol–water partition coefficient (Wildman–Crippen LogP) is 4.61. The smallest absolute Gasteiger partial charge is 0.244 e. The van der Waals surface area contributed by atoms with Crippen molar-refractivity contribution < 1.29 is 22.7 Å². The van der Waals surface area contributed by atoms with Gasteiger partial charge in [0.2, 0.25) is 21.8 Å². The molecule has 2 aromatic carbocycles. The molecule has 0 spiro atoms. The second kappa shape index (κ2) is 12.9. The molecule has 0 unspecified atom stereocenters. The third kappa shape index (κ3) is 8.16. The second-order valence-corrected chi connectivity index (χ2v) is 11.8. The molecular formula is C24H30Cl3N3O5S. The van der Waals surface area contributed by atoms with E-state index in [2.05, 4.69) is 5.32 Å². The number of hydrogen-bond acceptors (Lipinski definition) is 5. The topological polar surface area (TPSA) is 96.0 Å². The van der Waals surface area contributed by atoms with E-state index in [1.165, 1.54) is 24.1 Å². The number of hydrogen-bond donors (Lipinski definition) is 1. The Bertz CT molecular complexity index is 1210. The van der Waals surface area contributed by atoms with E-state index in [1.54, 1.807) is 31.2 Å². The van der Waals surface area contributed by atoms with Crippen LogP contribution in [0, 0.1) is 5.92 Å². The first-order chi connectivity index (χ1) is 16.7. The van der Waals surface area contributed by atoms with E-state index < -0.39 is 28.5 Å². The van der Waals surface area contributed by atoms with Gasteiger partial charge >= 0.3 is 0 Å². The first kappa shape index (κ1) is 30.0. The Morgan fingerprint density at radius 1 is 1.03 bits per heavy atom. The zero-order valence-corrected chi connectivity index (χ0v) is 23.8. The molecule has 0 fully saturated rings. The van der Waals surface area contributed by atoms with Crippen molar-refractivity contribution in [2.45, 2.75) is 33.4 Å². The lowest BCUT2D eigenvalue weighted by Crippen LogP contribution is -2.51. The van der Waals surface area contributed by atoms with Crippen LogP contribution < -0.4 is 14.4 Å². The maximum absolute atomic E-state index is 13.6. The number of nitrogens with zero attached hydrogens (tertiary/aromatic N) is 2. The summed E-state index contributed by atoms with van der Waals surface area (Å²) < 4.78 is 31.7. The average Bonchev–Trinajstić information content (AvgIpc) is 2.80. The summed E-state index contributed by atoms with van der Waals surface area (Å²) in [6.07, 6.45) is 0.975. The molecule has 0 aliphatic heterocycles. The molecule has 0 aliphatic carbocycles. The van der Waals surface area contributed by atoms with Crippen LogP contribution in [0.2, 0.25) is 15.1 Å². The Labute approximate surface area is 227 Å². The largest absolute Gasteiger partial charge is 0.495 e. The van der Waals surface area contributed by atoms with E-state index >= 15 is 0 Å². The fourth-order valence-corrected chi connectivity index (χ4v) is 4.65. The highest BCUT2D eigenvalue weighted by Gasteiger charge is 2.31. The minimum atomic E-state index is -3.94. The van der Waals surface area contributed by atoms with Gasteiger partial charge in [0.15, 0.2) is 0 Å². The average molecular weight is 579 g/mol.